The molecule has 0 saturated heterocycles. The van der Waals surface area contributed by atoms with E-state index in [1.165, 1.54) is 16.8 Å². The maximum absolute atomic E-state index is 10.8. The minimum atomic E-state index is -1.02. The highest BCUT2D eigenvalue weighted by atomic mass is 32.1. The van der Waals surface area contributed by atoms with Crippen LogP contribution in [0.15, 0.2) is 11.7 Å². The highest BCUT2D eigenvalue weighted by molar-refractivity contribution is 7.14. The van der Waals surface area contributed by atoms with E-state index in [9.17, 15) is 4.79 Å². The number of aromatic carboxylic acids is 1. The fourth-order valence-corrected chi connectivity index (χ4v) is 1.92. The van der Waals surface area contributed by atoms with Gasteiger partial charge in [-0.3, -0.25) is 5.10 Å². The quantitative estimate of drug-likeness (QED) is 0.750. The number of hydrogen-bond donors (Lipinski definition) is 3. The molecule has 0 unspecified atom stereocenters. The molecule has 0 bridgehead atoms. The Morgan fingerprint density at radius 2 is 2.50 bits per heavy atom. The Balaban J connectivity index is 2.08. The molecule has 84 valence electrons. The summed E-state index contributed by atoms with van der Waals surface area (Å²) in [5, 5.41) is 19.2. The number of rotatable bonds is 4. The van der Waals surface area contributed by atoms with Gasteiger partial charge in [0.2, 0.25) is 0 Å². The summed E-state index contributed by atoms with van der Waals surface area (Å²) in [7, 11) is 0. The minimum absolute atomic E-state index is 0.0612. The van der Waals surface area contributed by atoms with E-state index >= 15 is 0 Å². The van der Waals surface area contributed by atoms with Gasteiger partial charge in [-0.25, -0.2) is 9.78 Å². The maximum atomic E-state index is 10.8. The first-order valence-corrected chi connectivity index (χ1v) is 5.46. The largest absolute Gasteiger partial charge is 0.476 e. The average molecular weight is 238 g/mol. The minimum Gasteiger partial charge on any atom is -0.476 e. The molecule has 6 nitrogen and oxygen atoms in total. The van der Waals surface area contributed by atoms with E-state index in [0.717, 1.165) is 11.3 Å². The van der Waals surface area contributed by atoms with Crippen molar-refractivity contribution < 1.29 is 9.90 Å². The van der Waals surface area contributed by atoms with Gasteiger partial charge in [0.1, 0.15) is 5.00 Å². The number of thiazole rings is 1. The number of carbonyl (C=O) groups is 1. The Morgan fingerprint density at radius 3 is 3.12 bits per heavy atom. The second-order valence-electron chi connectivity index (χ2n) is 3.21. The van der Waals surface area contributed by atoms with Crippen LogP contribution in [0.1, 0.15) is 21.7 Å². The van der Waals surface area contributed by atoms with Gasteiger partial charge in [-0.15, -0.1) is 11.3 Å². The molecule has 2 aromatic heterocycles. The van der Waals surface area contributed by atoms with Crippen molar-refractivity contribution in [2.45, 2.75) is 13.5 Å². The van der Waals surface area contributed by atoms with Gasteiger partial charge in [-0.1, -0.05) is 0 Å². The zero-order chi connectivity index (χ0) is 11.5. The van der Waals surface area contributed by atoms with Gasteiger partial charge in [0.25, 0.3) is 0 Å². The van der Waals surface area contributed by atoms with Crippen molar-refractivity contribution in [3.63, 3.8) is 0 Å². The summed E-state index contributed by atoms with van der Waals surface area (Å²) in [6, 6.07) is 0. The summed E-state index contributed by atoms with van der Waals surface area (Å²) >= 11 is 1.27. The number of carboxylic acid groups (broad SMARTS) is 1. The molecule has 0 spiro atoms. The number of nitrogens with one attached hydrogen (secondary N) is 2. The number of carboxylic acids is 1. The third kappa shape index (κ3) is 2.03. The van der Waals surface area contributed by atoms with Crippen molar-refractivity contribution in [1.29, 1.82) is 0 Å². The first-order chi connectivity index (χ1) is 7.68. The van der Waals surface area contributed by atoms with Crippen molar-refractivity contribution in [3.05, 3.63) is 28.7 Å². The van der Waals surface area contributed by atoms with Crippen LogP contribution in [-0.2, 0) is 6.54 Å². The van der Waals surface area contributed by atoms with E-state index < -0.39 is 5.97 Å². The Morgan fingerprint density at radius 1 is 1.69 bits per heavy atom. The first kappa shape index (κ1) is 10.6. The van der Waals surface area contributed by atoms with Crippen molar-refractivity contribution in [1.82, 2.24) is 15.2 Å². The number of H-pyrrole nitrogens is 1. The van der Waals surface area contributed by atoms with E-state index in [0.29, 0.717) is 11.5 Å². The zero-order valence-electron chi connectivity index (χ0n) is 8.52. The third-order valence-corrected chi connectivity index (χ3v) is 2.93. The molecular formula is C9H10N4O2S. The second kappa shape index (κ2) is 4.31. The van der Waals surface area contributed by atoms with Gasteiger partial charge >= 0.3 is 5.97 Å². The number of anilines is 1. The second-order valence-corrected chi connectivity index (χ2v) is 4.06. The summed E-state index contributed by atoms with van der Waals surface area (Å²) in [5.41, 5.74) is 3.54. The van der Waals surface area contributed by atoms with Crippen molar-refractivity contribution in [2.24, 2.45) is 0 Å². The molecule has 0 aliphatic heterocycles. The van der Waals surface area contributed by atoms with Gasteiger partial charge < -0.3 is 10.4 Å². The molecule has 0 radical (unpaired) electrons. The predicted octanol–water partition coefficient (Wildman–Crippen LogP) is 1.48. The normalized spacial score (nSPS) is 10.3. The van der Waals surface area contributed by atoms with Gasteiger partial charge in [0.15, 0.2) is 5.69 Å². The van der Waals surface area contributed by atoms with E-state index in [4.69, 9.17) is 5.11 Å². The molecule has 2 rings (SSSR count). The van der Waals surface area contributed by atoms with E-state index in [-0.39, 0.29) is 5.69 Å². The van der Waals surface area contributed by atoms with E-state index in [1.807, 2.05) is 6.92 Å². The number of nitrogens with zero attached hydrogens (tertiary/aromatic N) is 2. The molecule has 3 N–H and O–H groups in total. The van der Waals surface area contributed by atoms with Crippen molar-refractivity contribution in [2.75, 3.05) is 5.32 Å². The fraction of sp³-hybridized carbons (Fsp3) is 0.222. The topological polar surface area (TPSA) is 90.9 Å². The van der Waals surface area contributed by atoms with Crippen LogP contribution < -0.4 is 5.32 Å². The summed E-state index contributed by atoms with van der Waals surface area (Å²) in [6.07, 6.45) is 1.71. The average Bonchev–Trinajstić information content (AvgIpc) is 2.83. The predicted molar refractivity (Wildman–Crippen MR) is 59.7 cm³/mol. The van der Waals surface area contributed by atoms with Gasteiger partial charge in [-0.05, 0) is 6.92 Å². The highest BCUT2D eigenvalue weighted by Crippen LogP contribution is 2.21. The molecular weight excluding hydrogens is 228 g/mol. The van der Waals surface area contributed by atoms with Crippen LogP contribution in [0, 0.1) is 6.92 Å². The van der Waals surface area contributed by atoms with Crippen LogP contribution in [0.5, 0.6) is 0 Å². The van der Waals surface area contributed by atoms with Crippen LogP contribution in [-0.4, -0.2) is 26.3 Å². The number of aromatic amines is 1. The monoisotopic (exact) mass is 238 g/mol. The SMILES string of the molecule is Cc1[nH]ncc1CNc1scnc1C(=O)O. The van der Waals surface area contributed by atoms with Crippen LogP contribution in [0.4, 0.5) is 5.00 Å². The van der Waals surface area contributed by atoms with Gasteiger partial charge in [0, 0.05) is 17.8 Å². The Kier molecular flexibility index (Phi) is 2.86. The lowest BCUT2D eigenvalue weighted by molar-refractivity contribution is 0.0692. The highest BCUT2D eigenvalue weighted by Gasteiger charge is 2.13. The molecule has 2 heterocycles. The molecule has 0 aliphatic rings. The summed E-state index contributed by atoms with van der Waals surface area (Å²) < 4.78 is 0. The first-order valence-electron chi connectivity index (χ1n) is 4.58. The van der Waals surface area contributed by atoms with Crippen molar-refractivity contribution >= 4 is 22.3 Å². The van der Waals surface area contributed by atoms with E-state index in [2.05, 4.69) is 20.5 Å². The summed E-state index contributed by atoms with van der Waals surface area (Å²) in [5.74, 6) is -1.02. The lowest BCUT2D eigenvalue weighted by Crippen LogP contribution is -2.04. The van der Waals surface area contributed by atoms with E-state index in [1.54, 1.807) is 6.20 Å². The Hall–Kier alpha value is -1.89. The molecule has 0 saturated carbocycles. The molecule has 2 aromatic rings. The molecule has 0 aliphatic carbocycles. The van der Waals surface area contributed by atoms with Crippen LogP contribution >= 0.6 is 11.3 Å². The smallest absolute Gasteiger partial charge is 0.357 e. The fourth-order valence-electron chi connectivity index (χ4n) is 1.25. The van der Waals surface area contributed by atoms with Gasteiger partial charge in [-0.2, -0.15) is 5.10 Å². The number of hydrogen-bond acceptors (Lipinski definition) is 5. The lowest BCUT2D eigenvalue weighted by atomic mass is 10.2. The lowest BCUT2D eigenvalue weighted by Gasteiger charge is -2.02. The Bertz CT molecular complexity index is 505. The van der Waals surface area contributed by atoms with Crippen LogP contribution in [0.2, 0.25) is 0 Å². The molecule has 0 fully saturated rings. The summed E-state index contributed by atoms with van der Waals surface area (Å²) in [4.78, 5) is 14.6. The van der Waals surface area contributed by atoms with Crippen LogP contribution in [0.3, 0.4) is 0 Å². The van der Waals surface area contributed by atoms with Gasteiger partial charge in [0.05, 0.1) is 11.7 Å². The molecule has 0 aromatic carbocycles. The molecule has 16 heavy (non-hydrogen) atoms. The maximum Gasteiger partial charge on any atom is 0.357 e. The van der Waals surface area contributed by atoms with Crippen LogP contribution in [0.25, 0.3) is 0 Å². The molecule has 0 amide bonds. The molecule has 0 atom stereocenters. The zero-order valence-corrected chi connectivity index (χ0v) is 9.34. The Labute approximate surface area is 95.3 Å². The molecule has 7 heteroatoms. The van der Waals surface area contributed by atoms with Crippen molar-refractivity contribution in [3.8, 4) is 0 Å². The summed E-state index contributed by atoms with van der Waals surface area (Å²) in [6.45, 7) is 2.44. The standard InChI is InChI=1S/C9H10N4O2S/c1-5-6(3-12-13-5)2-10-8-7(9(14)15)11-4-16-8/h3-4,10H,2H2,1H3,(H,12,13)(H,14,15). The number of aromatic nitrogens is 3. The number of aryl methyl sites for hydroxylation is 1. The third-order valence-electron chi connectivity index (χ3n) is 2.14.